The molecule has 1 atom stereocenters. The second-order valence-corrected chi connectivity index (χ2v) is 11.5. The van der Waals surface area contributed by atoms with E-state index in [1.807, 2.05) is 31.2 Å². The van der Waals surface area contributed by atoms with Crippen molar-refractivity contribution in [1.82, 2.24) is 10.2 Å². The first-order valence-electron chi connectivity index (χ1n) is 12.1. The Kier molecular flexibility index (Phi) is 9.93. The van der Waals surface area contributed by atoms with Crippen molar-refractivity contribution in [2.45, 2.75) is 38.3 Å². The number of hydrogen-bond acceptors (Lipinski definition) is 5. The van der Waals surface area contributed by atoms with Gasteiger partial charge in [-0.05, 0) is 74.9 Å². The number of methoxy groups -OCH3 is 1. The first kappa shape index (κ1) is 29.2. The van der Waals surface area contributed by atoms with E-state index < -0.39 is 28.5 Å². The van der Waals surface area contributed by atoms with Gasteiger partial charge in [0, 0.05) is 17.6 Å². The van der Waals surface area contributed by atoms with Crippen LogP contribution in [0.2, 0.25) is 0 Å². The zero-order valence-corrected chi connectivity index (χ0v) is 24.3. The average molecular weight is 603 g/mol. The molecule has 3 aromatic rings. The molecule has 0 saturated heterocycles. The minimum absolute atomic E-state index is 0.0157. The molecule has 0 radical (unpaired) electrons. The number of sulfonamides is 1. The Balaban J connectivity index is 2.02. The average Bonchev–Trinajstić information content (AvgIpc) is 2.90. The lowest BCUT2D eigenvalue weighted by Crippen LogP contribution is -2.51. The number of hydrogen-bond donors (Lipinski definition) is 1. The summed E-state index contributed by atoms with van der Waals surface area (Å²) in [4.78, 5) is 28.0. The van der Waals surface area contributed by atoms with Gasteiger partial charge in [-0.15, -0.1) is 0 Å². The van der Waals surface area contributed by atoms with Gasteiger partial charge in [-0.2, -0.15) is 0 Å². The van der Waals surface area contributed by atoms with Crippen LogP contribution < -0.4 is 14.4 Å². The van der Waals surface area contributed by atoms with Crippen molar-refractivity contribution in [3.8, 4) is 5.75 Å². The molecule has 10 heteroatoms. The van der Waals surface area contributed by atoms with Gasteiger partial charge in [0.05, 0.1) is 17.7 Å². The normalized spacial score (nSPS) is 11.9. The molecule has 0 fully saturated rings. The predicted molar refractivity (Wildman–Crippen MR) is 152 cm³/mol. The molecule has 38 heavy (non-hydrogen) atoms. The number of halogens is 1. The first-order valence-corrected chi connectivity index (χ1v) is 14.3. The van der Waals surface area contributed by atoms with Crippen LogP contribution in [0.3, 0.4) is 0 Å². The number of nitrogens with one attached hydrogen (secondary N) is 1. The largest absolute Gasteiger partial charge is 0.497 e. The van der Waals surface area contributed by atoms with Crippen LogP contribution in [0.5, 0.6) is 5.75 Å². The Hall–Kier alpha value is -3.37. The van der Waals surface area contributed by atoms with Gasteiger partial charge in [0.25, 0.3) is 10.0 Å². The third kappa shape index (κ3) is 7.14. The minimum Gasteiger partial charge on any atom is -0.497 e. The Bertz CT molecular complexity index is 1360. The zero-order valence-electron chi connectivity index (χ0n) is 21.8. The first-order chi connectivity index (χ1) is 18.1. The van der Waals surface area contributed by atoms with E-state index in [1.54, 1.807) is 50.2 Å². The van der Waals surface area contributed by atoms with Crippen LogP contribution in [0.1, 0.15) is 25.0 Å². The molecule has 0 aromatic heterocycles. The quantitative estimate of drug-likeness (QED) is 0.349. The van der Waals surface area contributed by atoms with Crippen LogP contribution in [0.25, 0.3) is 0 Å². The molecule has 0 aliphatic heterocycles. The molecule has 0 heterocycles. The van der Waals surface area contributed by atoms with Crippen LogP contribution in [-0.2, 0) is 26.2 Å². The summed E-state index contributed by atoms with van der Waals surface area (Å²) < 4.78 is 34.7. The van der Waals surface area contributed by atoms with Gasteiger partial charge in [-0.25, -0.2) is 8.42 Å². The summed E-state index contributed by atoms with van der Waals surface area (Å²) >= 11 is 3.44. The maximum atomic E-state index is 13.8. The molecule has 2 amide bonds. The summed E-state index contributed by atoms with van der Waals surface area (Å²) in [6.45, 7) is 5.37. The maximum absolute atomic E-state index is 13.8. The summed E-state index contributed by atoms with van der Waals surface area (Å²) in [6.07, 6.45) is 0. The molecule has 1 N–H and O–H groups in total. The van der Waals surface area contributed by atoms with Gasteiger partial charge in [0.1, 0.15) is 18.3 Å². The molecule has 3 rings (SSSR count). The van der Waals surface area contributed by atoms with Gasteiger partial charge in [0.2, 0.25) is 11.8 Å². The third-order valence-electron chi connectivity index (χ3n) is 6.01. The second-order valence-electron chi connectivity index (χ2n) is 8.74. The maximum Gasteiger partial charge on any atom is 0.264 e. The highest BCUT2D eigenvalue weighted by Crippen LogP contribution is 2.26. The number of carbonyl (C=O) groups excluding carboxylic acids is 2. The van der Waals surface area contributed by atoms with E-state index in [2.05, 4.69) is 21.2 Å². The molecule has 8 nitrogen and oxygen atoms in total. The molecule has 0 spiro atoms. The highest BCUT2D eigenvalue weighted by atomic mass is 79.9. The number of carbonyl (C=O) groups is 2. The Morgan fingerprint density at radius 1 is 1.03 bits per heavy atom. The number of likely N-dealkylation sites (N-methyl/N-ethyl adjacent to an activating group) is 1. The molecular formula is C28H32BrN3O5S. The number of benzene rings is 3. The van der Waals surface area contributed by atoms with E-state index in [0.29, 0.717) is 18.0 Å². The molecule has 0 aliphatic rings. The van der Waals surface area contributed by atoms with Gasteiger partial charge < -0.3 is 15.0 Å². The summed E-state index contributed by atoms with van der Waals surface area (Å²) in [5, 5.41) is 2.75. The van der Waals surface area contributed by atoms with Gasteiger partial charge in [-0.3, -0.25) is 13.9 Å². The zero-order chi connectivity index (χ0) is 27.9. The van der Waals surface area contributed by atoms with Gasteiger partial charge >= 0.3 is 0 Å². The van der Waals surface area contributed by atoms with E-state index in [0.717, 1.165) is 19.9 Å². The van der Waals surface area contributed by atoms with Crippen molar-refractivity contribution in [1.29, 1.82) is 0 Å². The monoisotopic (exact) mass is 601 g/mol. The lowest BCUT2D eigenvalue weighted by molar-refractivity contribution is -0.139. The number of aryl methyl sites for hydroxylation is 1. The van der Waals surface area contributed by atoms with E-state index >= 15 is 0 Å². The highest BCUT2D eigenvalue weighted by molar-refractivity contribution is 9.10. The second kappa shape index (κ2) is 12.9. The van der Waals surface area contributed by atoms with Crippen LogP contribution in [0, 0.1) is 6.92 Å². The highest BCUT2D eigenvalue weighted by Gasteiger charge is 2.32. The van der Waals surface area contributed by atoms with Gasteiger partial charge in [-0.1, -0.05) is 45.8 Å². The number of ether oxygens (including phenoxy) is 1. The fourth-order valence-electron chi connectivity index (χ4n) is 3.85. The Morgan fingerprint density at radius 2 is 1.68 bits per heavy atom. The van der Waals surface area contributed by atoms with E-state index in [4.69, 9.17) is 4.74 Å². The number of anilines is 1. The fraction of sp³-hybridized carbons (Fsp3) is 0.286. The fourth-order valence-corrected chi connectivity index (χ4v) is 5.71. The lowest BCUT2D eigenvalue weighted by Gasteiger charge is -2.32. The standard InChI is InChI=1S/C28H32BrN3O5S/c1-5-30-28(34)21(3)31(18-22-7-6-8-23(29)17-22)27(33)19-32(24-11-9-20(2)10-12-24)38(35,36)26-15-13-25(37-4)14-16-26/h6-17,21H,5,18-19H2,1-4H3,(H,30,34). The van der Waals surface area contributed by atoms with Crippen LogP contribution >= 0.6 is 15.9 Å². The van der Waals surface area contributed by atoms with Gasteiger partial charge in [0.15, 0.2) is 0 Å². The molecule has 202 valence electrons. The van der Waals surface area contributed by atoms with E-state index in [1.165, 1.54) is 24.1 Å². The molecule has 1 unspecified atom stereocenters. The number of rotatable bonds is 11. The third-order valence-corrected chi connectivity index (χ3v) is 8.29. The van der Waals surface area contributed by atoms with Crippen LogP contribution in [0.4, 0.5) is 5.69 Å². The van der Waals surface area contributed by atoms with Crippen molar-refractivity contribution in [3.63, 3.8) is 0 Å². The van der Waals surface area contributed by atoms with Crippen LogP contribution in [-0.4, -0.2) is 51.4 Å². The van der Waals surface area contributed by atoms with Crippen molar-refractivity contribution in [2.24, 2.45) is 0 Å². The summed E-state index contributed by atoms with van der Waals surface area (Å²) in [6, 6.07) is 19.5. The molecule has 3 aromatic carbocycles. The SMILES string of the molecule is CCNC(=O)C(C)N(Cc1cccc(Br)c1)C(=O)CN(c1ccc(C)cc1)S(=O)(=O)c1ccc(OC)cc1. The number of amides is 2. The molecule has 0 aliphatic carbocycles. The molecule has 0 bridgehead atoms. The summed E-state index contributed by atoms with van der Waals surface area (Å²) in [5.74, 6) is -0.324. The smallest absolute Gasteiger partial charge is 0.264 e. The molecular weight excluding hydrogens is 570 g/mol. The Labute approximate surface area is 232 Å². The molecule has 0 saturated carbocycles. The number of nitrogens with zero attached hydrogens (tertiary/aromatic N) is 2. The van der Waals surface area contributed by atoms with E-state index in [-0.39, 0.29) is 17.3 Å². The van der Waals surface area contributed by atoms with Crippen molar-refractivity contribution < 1.29 is 22.7 Å². The summed E-state index contributed by atoms with van der Waals surface area (Å²) in [7, 11) is -2.64. The van der Waals surface area contributed by atoms with Crippen LogP contribution in [0.15, 0.2) is 82.2 Å². The van der Waals surface area contributed by atoms with E-state index in [9.17, 15) is 18.0 Å². The van der Waals surface area contributed by atoms with Crippen molar-refractivity contribution in [2.75, 3.05) is 24.5 Å². The predicted octanol–water partition coefficient (Wildman–Crippen LogP) is 4.51. The Morgan fingerprint density at radius 3 is 2.26 bits per heavy atom. The van der Waals surface area contributed by atoms with Crippen molar-refractivity contribution in [3.05, 3.63) is 88.4 Å². The summed E-state index contributed by atoms with van der Waals surface area (Å²) in [5.41, 5.74) is 2.08. The van der Waals surface area contributed by atoms with Crippen molar-refractivity contribution >= 4 is 43.5 Å². The topological polar surface area (TPSA) is 96.0 Å². The lowest BCUT2D eigenvalue weighted by atomic mass is 10.1. The minimum atomic E-state index is -4.13.